The lowest BCUT2D eigenvalue weighted by Gasteiger charge is -2.42. The van der Waals surface area contributed by atoms with Crippen LogP contribution in [0.3, 0.4) is 0 Å². The molecule has 2 N–H and O–H groups in total. The number of nitrogens with one attached hydrogen (secondary N) is 1. The number of likely N-dealkylation sites (tertiary alicyclic amines) is 1. The summed E-state index contributed by atoms with van der Waals surface area (Å²) in [5, 5.41) is 12.8. The molecule has 2 aliphatic heterocycles. The summed E-state index contributed by atoms with van der Waals surface area (Å²) in [6, 6.07) is 0. The van der Waals surface area contributed by atoms with Crippen molar-refractivity contribution in [2.75, 3.05) is 39.9 Å². The van der Waals surface area contributed by atoms with E-state index in [1.54, 1.807) is 0 Å². The molecule has 2 heterocycles. The maximum absolute atomic E-state index is 9.50. The summed E-state index contributed by atoms with van der Waals surface area (Å²) in [5.41, 5.74) is -0.0865. The van der Waals surface area contributed by atoms with Crippen LogP contribution in [0.2, 0.25) is 0 Å². The second-order valence-corrected chi connectivity index (χ2v) is 5.16. The number of likely N-dealkylation sites (N-methyl/N-ethyl adjacent to an activating group) is 1. The summed E-state index contributed by atoms with van der Waals surface area (Å²) in [6.45, 7) is 4.27. The Morgan fingerprint density at radius 3 is 3.00 bits per heavy atom. The fraction of sp³-hybridized carbons (Fsp3) is 1.00. The zero-order chi connectivity index (χ0) is 11.4. The summed E-state index contributed by atoms with van der Waals surface area (Å²) >= 11 is 0. The van der Waals surface area contributed by atoms with Gasteiger partial charge in [-0.25, -0.2) is 0 Å². The second kappa shape index (κ2) is 5.45. The smallest absolute Gasteiger partial charge is 0.0702 e. The van der Waals surface area contributed by atoms with Crippen LogP contribution in [0.5, 0.6) is 0 Å². The molecule has 0 aliphatic carbocycles. The van der Waals surface area contributed by atoms with Crippen LogP contribution in [0, 0.1) is 0 Å². The van der Waals surface area contributed by atoms with E-state index in [-0.39, 0.29) is 12.1 Å². The Hall–Kier alpha value is -0.160. The standard InChI is InChI=1S/C12H24N2O2/c1-13-12(10-15)5-3-6-14(9-12)8-11-4-2-7-16-11/h11,13,15H,2-10H2,1H3. The molecule has 0 aromatic rings. The lowest BCUT2D eigenvalue weighted by molar-refractivity contribution is 0.0288. The molecular weight excluding hydrogens is 204 g/mol. The normalized spacial score (nSPS) is 36.8. The Labute approximate surface area is 98.0 Å². The maximum atomic E-state index is 9.50. The van der Waals surface area contributed by atoms with Gasteiger partial charge in [0.15, 0.2) is 0 Å². The molecule has 4 heteroatoms. The van der Waals surface area contributed by atoms with E-state index in [0.29, 0.717) is 6.10 Å². The fourth-order valence-electron chi connectivity index (χ4n) is 2.87. The van der Waals surface area contributed by atoms with Gasteiger partial charge < -0.3 is 15.2 Å². The molecule has 0 aromatic heterocycles. The summed E-state index contributed by atoms with van der Waals surface area (Å²) in [6.07, 6.45) is 5.06. The van der Waals surface area contributed by atoms with Gasteiger partial charge in [0.2, 0.25) is 0 Å². The summed E-state index contributed by atoms with van der Waals surface area (Å²) < 4.78 is 5.67. The summed E-state index contributed by atoms with van der Waals surface area (Å²) in [5.74, 6) is 0. The molecule has 2 rings (SSSR count). The Balaban J connectivity index is 1.85. The van der Waals surface area contributed by atoms with E-state index < -0.39 is 0 Å². The number of hydrogen-bond acceptors (Lipinski definition) is 4. The van der Waals surface area contributed by atoms with Crippen LogP contribution in [0.1, 0.15) is 25.7 Å². The third-order valence-corrected chi connectivity index (χ3v) is 3.97. The number of piperidine rings is 1. The third kappa shape index (κ3) is 2.74. The van der Waals surface area contributed by atoms with Crippen molar-refractivity contribution in [3.63, 3.8) is 0 Å². The minimum Gasteiger partial charge on any atom is -0.394 e. The summed E-state index contributed by atoms with van der Waals surface area (Å²) in [7, 11) is 1.95. The van der Waals surface area contributed by atoms with Crippen LogP contribution in [0.15, 0.2) is 0 Å². The Morgan fingerprint density at radius 1 is 1.50 bits per heavy atom. The average Bonchev–Trinajstić information content (AvgIpc) is 2.82. The first-order valence-corrected chi connectivity index (χ1v) is 6.42. The van der Waals surface area contributed by atoms with Crippen LogP contribution in [-0.4, -0.2) is 61.5 Å². The largest absolute Gasteiger partial charge is 0.394 e. The number of aliphatic hydroxyl groups is 1. The van der Waals surface area contributed by atoms with Gasteiger partial charge in [-0.2, -0.15) is 0 Å². The molecule has 94 valence electrons. The van der Waals surface area contributed by atoms with Crippen LogP contribution in [0.25, 0.3) is 0 Å². The van der Waals surface area contributed by atoms with Crippen molar-refractivity contribution in [1.82, 2.24) is 10.2 Å². The van der Waals surface area contributed by atoms with Gasteiger partial charge >= 0.3 is 0 Å². The zero-order valence-electron chi connectivity index (χ0n) is 10.2. The molecule has 2 fully saturated rings. The highest BCUT2D eigenvalue weighted by molar-refractivity contribution is 4.93. The molecule has 0 aromatic carbocycles. The predicted octanol–water partition coefficient (Wildman–Crippen LogP) is 0.212. The number of hydrogen-bond donors (Lipinski definition) is 2. The van der Waals surface area contributed by atoms with E-state index in [1.807, 2.05) is 7.05 Å². The summed E-state index contributed by atoms with van der Waals surface area (Å²) in [4.78, 5) is 2.44. The predicted molar refractivity (Wildman–Crippen MR) is 63.5 cm³/mol. The van der Waals surface area contributed by atoms with Crippen LogP contribution in [0.4, 0.5) is 0 Å². The first-order valence-electron chi connectivity index (χ1n) is 6.42. The highest BCUT2D eigenvalue weighted by atomic mass is 16.5. The Morgan fingerprint density at radius 2 is 2.38 bits per heavy atom. The van der Waals surface area contributed by atoms with Crippen LogP contribution in [-0.2, 0) is 4.74 Å². The molecule has 2 aliphatic rings. The Bertz CT molecular complexity index is 213. The minimum atomic E-state index is -0.0865. The number of nitrogens with zero attached hydrogens (tertiary/aromatic N) is 1. The highest BCUT2D eigenvalue weighted by Crippen LogP contribution is 2.22. The van der Waals surface area contributed by atoms with Crippen molar-refractivity contribution in [3.05, 3.63) is 0 Å². The molecule has 0 amide bonds. The van der Waals surface area contributed by atoms with Crippen molar-refractivity contribution >= 4 is 0 Å². The molecule has 4 nitrogen and oxygen atoms in total. The van der Waals surface area contributed by atoms with Gasteiger partial charge in [0.05, 0.1) is 18.2 Å². The monoisotopic (exact) mass is 228 g/mol. The minimum absolute atomic E-state index is 0.0865. The SMILES string of the molecule is CNC1(CO)CCCN(CC2CCCO2)C1. The van der Waals surface area contributed by atoms with Crippen LogP contribution < -0.4 is 5.32 Å². The molecular formula is C12H24N2O2. The molecule has 2 atom stereocenters. The lowest BCUT2D eigenvalue weighted by Crippen LogP contribution is -2.59. The van der Waals surface area contributed by atoms with Crippen molar-refractivity contribution < 1.29 is 9.84 Å². The molecule has 0 spiro atoms. The first-order chi connectivity index (χ1) is 7.78. The van der Waals surface area contributed by atoms with Crippen molar-refractivity contribution in [1.29, 1.82) is 0 Å². The third-order valence-electron chi connectivity index (χ3n) is 3.97. The van der Waals surface area contributed by atoms with E-state index in [4.69, 9.17) is 4.74 Å². The molecule has 2 unspecified atom stereocenters. The zero-order valence-corrected chi connectivity index (χ0v) is 10.2. The van der Waals surface area contributed by atoms with E-state index in [0.717, 1.165) is 39.1 Å². The van der Waals surface area contributed by atoms with Gasteiger partial charge in [0, 0.05) is 19.7 Å². The van der Waals surface area contributed by atoms with Crippen molar-refractivity contribution in [3.8, 4) is 0 Å². The number of rotatable bonds is 4. The second-order valence-electron chi connectivity index (χ2n) is 5.16. The topological polar surface area (TPSA) is 44.7 Å². The van der Waals surface area contributed by atoms with Crippen LogP contribution >= 0.6 is 0 Å². The molecule has 16 heavy (non-hydrogen) atoms. The number of ether oxygens (including phenoxy) is 1. The molecule has 0 radical (unpaired) electrons. The highest BCUT2D eigenvalue weighted by Gasteiger charge is 2.34. The average molecular weight is 228 g/mol. The van der Waals surface area contributed by atoms with Gasteiger partial charge in [0.25, 0.3) is 0 Å². The van der Waals surface area contributed by atoms with Gasteiger partial charge in [-0.1, -0.05) is 0 Å². The van der Waals surface area contributed by atoms with Crippen molar-refractivity contribution in [2.24, 2.45) is 0 Å². The van der Waals surface area contributed by atoms with E-state index in [9.17, 15) is 5.11 Å². The quantitative estimate of drug-likeness (QED) is 0.722. The molecule has 2 saturated heterocycles. The van der Waals surface area contributed by atoms with E-state index >= 15 is 0 Å². The van der Waals surface area contributed by atoms with Gasteiger partial charge in [-0.05, 0) is 39.3 Å². The number of aliphatic hydroxyl groups excluding tert-OH is 1. The molecule has 0 saturated carbocycles. The molecule has 0 bridgehead atoms. The van der Waals surface area contributed by atoms with Gasteiger partial charge in [0.1, 0.15) is 0 Å². The van der Waals surface area contributed by atoms with Crippen molar-refractivity contribution in [2.45, 2.75) is 37.3 Å². The lowest BCUT2D eigenvalue weighted by atomic mass is 9.90. The van der Waals surface area contributed by atoms with E-state index in [1.165, 1.54) is 12.8 Å². The van der Waals surface area contributed by atoms with E-state index in [2.05, 4.69) is 10.2 Å². The fourth-order valence-corrected chi connectivity index (χ4v) is 2.87. The van der Waals surface area contributed by atoms with Gasteiger partial charge in [-0.3, -0.25) is 4.90 Å². The maximum Gasteiger partial charge on any atom is 0.0702 e. The van der Waals surface area contributed by atoms with Gasteiger partial charge in [-0.15, -0.1) is 0 Å². The Kier molecular flexibility index (Phi) is 4.19. The first kappa shape index (κ1) is 12.3.